The van der Waals surface area contributed by atoms with Gasteiger partial charge in [-0.2, -0.15) is 13.5 Å². The van der Waals surface area contributed by atoms with Crippen molar-refractivity contribution in [1.82, 2.24) is 4.83 Å². The Hall–Kier alpha value is -2.74. The van der Waals surface area contributed by atoms with Crippen molar-refractivity contribution in [3.63, 3.8) is 0 Å². The molecule has 0 aromatic heterocycles. The number of sulfonamides is 1. The summed E-state index contributed by atoms with van der Waals surface area (Å²) < 4.78 is 42.2. The van der Waals surface area contributed by atoms with Crippen LogP contribution in [0.5, 0.6) is 17.2 Å². The van der Waals surface area contributed by atoms with Crippen LogP contribution in [0.1, 0.15) is 50.8 Å². The van der Waals surface area contributed by atoms with E-state index in [1.54, 1.807) is 25.1 Å². The monoisotopic (exact) mass is 448 g/mol. The van der Waals surface area contributed by atoms with Crippen molar-refractivity contribution < 1.29 is 22.6 Å². The Labute approximate surface area is 185 Å². The Morgan fingerprint density at radius 1 is 1.06 bits per heavy atom. The van der Waals surface area contributed by atoms with Gasteiger partial charge in [-0.25, -0.2) is 4.83 Å². The van der Waals surface area contributed by atoms with E-state index in [9.17, 15) is 8.42 Å². The molecule has 0 aliphatic rings. The Bertz CT molecular complexity index is 1020. The topological polar surface area (TPSA) is 86.2 Å². The molecule has 170 valence electrons. The number of aryl methyl sites for hydroxylation is 1. The third-order valence-electron chi connectivity index (χ3n) is 4.66. The summed E-state index contributed by atoms with van der Waals surface area (Å²) in [5.41, 5.74) is 2.01. The van der Waals surface area contributed by atoms with Crippen LogP contribution in [0.25, 0.3) is 0 Å². The van der Waals surface area contributed by atoms with Crippen LogP contribution in [0.15, 0.2) is 40.3 Å². The lowest BCUT2D eigenvalue weighted by Gasteiger charge is -2.20. The van der Waals surface area contributed by atoms with Gasteiger partial charge in [0.1, 0.15) is 0 Å². The van der Waals surface area contributed by atoms with Crippen molar-refractivity contribution in [3.05, 3.63) is 47.0 Å². The molecule has 2 rings (SSSR count). The summed E-state index contributed by atoms with van der Waals surface area (Å²) in [5, 5.41) is 3.95. The van der Waals surface area contributed by atoms with Crippen molar-refractivity contribution in [2.75, 3.05) is 20.8 Å². The van der Waals surface area contributed by atoms with Gasteiger partial charge in [-0.15, -0.1) is 0 Å². The van der Waals surface area contributed by atoms with Crippen molar-refractivity contribution in [2.24, 2.45) is 5.10 Å². The molecule has 0 heterocycles. The molecule has 1 N–H and O–H groups in total. The fourth-order valence-corrected chi connectivity index (χ4v) is 3.96. The number of hydrazone groups is 1. The molecule has 2 aromatic rings. The van der Waals surface area contributed by atoms with E-state index in [0.29, 0.717) is 35.0 Å². The second-order valence-electron chi connectivity index (χ2n) is 8.19. The first kappa shape index (κ1) is 24.5. The van der Waals surface area contributed by atoms with Crippen molar-refractivity contribution in [3.8, 4) is 17.2 Å². The highest BCUT2D eigenvalue weighted by Gasteiger charge is 2.21. The van der Waals surface area contributed by atoms with E-state index in [1.165, 1.54) is 20.4 Å². The van der Waals surface area contributed by atoms with Crippen LogP contribution in [-0.4, -0.2) is 35.5 Å². The van der Waals surface area contributed by atoms with Crippen molar-refractivity contribution in [2.45, 2.75) is 51.3 Å². The molecule has 0 bridgehead atoms. The minimum atomic E-state index is -3.83. The van der Waals surface area contributed by atoms with Crippen molar-refractivity contribution in [1.29, 1.82) is 0 Å². The lowest BCUT2D eigenvalue weighted by Crippen LogP contribution is -2.21. The predicted molar refractivity (Wildman–Crippen MR) is 123 cm³/mol. The molecule has 0 saturated heterocycles. The quantitative estimate of drug-likeness (QED) is 0.454. The Kier molecular flexibility index (Phi) is 7.95. The average molecular weight is 449 g/mol. The van der Waals surface area contributed by atoms with Crippen LogP contribution in [0.3, 0.4) is 0 Å². The molecule has 0 aliphatic carbocycles. The van der Waals surface area contributed by atoms with Gasteiger partial charge in [-0.05, 0) is 48.1 Å². The molecular weight excluding hydrogens is 416 g/mol. The number of nitrogens with one attached hydrogen (secondary N) is 1. The summed E-state index contributed by atoms with van der Waals surface area (Å²) in [6, 6.07) is 8.86. The molecule has 0 radical (unpaired) electrons. The Morgan fingerprint density at radius 3 is 2.19 bits per heavy atom. The highest BCUT2D eigenvalue weighted by atomic mass is 32.2. The Morgan fingerprint density at radius 2 is 1.68 bits per heavy atom. The average Bonchev–Trinajstić information content (AvgIpc) is 2.71. The van der Waals surface area contributed by atoms with Gasteiger partial charge in [0.15, 0.2) is 11.5 Å². The maximum atomic E-state index is 12.8. The number of benzene rings is 2. The molecule has 7 nitrogen and oxygen atoms in total. The van der Waals surface area contributed by atoms with E-state index in [-0.39, 0.29) is 10.3 Å². The number of nitrogens with zero attached hydrogens (tertiary/aromatic N) is 1. The van der Waals surface area contributed by atoms with Gasteiger partial charge < -0.3 is 14.2 Å². The van der Waals surface area contributed by atoms with E-state index in [1.807, 2.05) is 39.8 Å². The van der Waals surface area contributed by atoms with Gasteiger partial charge in [0, 0.05) is 5.56 Å². The molecule has 0 unspecified atom stereocenters. The third kappa shape index (κ3) is 6.13. The molecule has 0 atom stereocenters. The fourth-order valence-electron chi connectivity index (χ4n) is 2.90. The molecule has 2 aromatic carbocycles. The molecule has 8 heteroatoms. The summed E-state index contributed by atoms with van der Waals surface area (Å²) >= 11 is 0. The first-order valence-electron chi connectivity index (χ1n) is 10.1. The summed E-state index contributed by atoms with van der Waals surface area (Å²) in [7, 11) is -0.771. The largest absolute Gasteiger partial charge is 0.493 e. The normalized spacial score (nSPS) is 12.1. The molecule has 31 heavy (non-hydrogen) atoms. The summed E-state index contributed by atoms with van der Waals surface area (Å²) in [6.07, 6.45) is 2.24. The van der Waals surface area contributed by atoms with Crippen LogP contribution < -0.4 is 19.0 Å². The molecule has 0 aliphatic heterocycles. The van der Waals surface area contributed by atoms with Crippen LogP contribution in [-0.2, 0) is 15.4 Å². The van der Waals surface area contributed by atoms with Crippen molar-refractivity contribution >= 4 is 16.2 Å². The number of methoxy groups -OCH3 is 2. The smallest absolute Gasteiger partial charge is 0.276 e. The van der Waals surface area contributed by atoms with Gasteiger partial charge in [0.2, 0.25) is 5.75 Å². The third-order valence-corrected chi connectivity index (χ3v) is 6.03. The van der Waals surface area contributed by atoms with E-state index >= 15 is 0 Å². The lowest BCUT2D eigenvalue weighted by atomic mass is 9.87. The zero-order chi connectivity index (χ0) is 23.2. The standard InChI is InChI=1S/C23H32N2O5S/c1-8-11-30-22-19(28-6)12-17(13-20(22)29-7)15-24-25-31(26,27)21-14-18(23(3,4)5)10-9-16(21)2/h9-10,12-15,25H,8,11H2,1-7H3/b24-15+. The van der Waals surface area contributed by atoms with E-state index < -0.39 is 10.0 Å². The zero-order valence-corrected chi connectivity index (χ0v) is 20.1. The van der Waals surface area contributed by atoms with Gasteiger partial charge in [0.05, 0.1) is 31.9 Å². The Balaban J connectivity index is 2.31. The summed E-state index contributed by atoms with van der Waals surface area (Å²) in [5.74, 6) is 1.45. The second-order valence-corrected chi connectivity index (χ2v) is 9.82. The minimum absolute atomic E-state index is 0.171. The van der Waals surface area contributed by atoms with E-state index in [0.717, 1.165) is 12.0 Å². The molecule has 0 saturated carbocycles. The van der Waals surface area contributed by atoms with Gasteiger partial charge in [0.25, 0.3) is 10.0 Å². The first-order chi connectivity index (χ1) is 14.5. The number of hydrogen-bond acceptors (Lipinski definition) is 6. The maximum absolute atomic E-state index is 12.8. The molecule has 0 fully saturated rings. The van der Waals surface area contributed by atoms with Crippen LogP contribution in [0, 0.1) is 6.92 Å². The number of rotatable bonds is 9. The lowest BCUT2D eigenvalue weighted by molar-refractivity contribution is 0.275. The molecule has 0 spiro atoms. The highest BCUT2D eigenvalue weighted by Crippen LogP contribution is 2.38. The zero-order valence-electron chi connectivity index (χ0n) is 19.3. The predicted octanol–water partition coefficient (Wildman–Crippen LogP) is 4.41. The minimum Gasteiger partial charge on any atom is -0.493 e. The highest BCUT2D eigenvalue weighted by molar-refractivity contribution is 7.89. The number of ether oxygens (including phenoxy) is 3. The molecule has 0 amide bonds. The van der Waals surface area contributed by atoms with Gasteiger partial charge in [-0.1, -0.05) is 39.8 Å². The second kappa shape index (κ2) is 10.0. The maximum Gasteiger partial charge on any atom is 0.276 e. The van der Waals surface area contributed by atoms with Crippen LogP contribution in [0.4, 0.5) is 0 Å². The van der Waals surface area contributed by atoms with Gasteiger partial charge in [-0.3, -0.25) is 0 Å². The summed E-state index contributed by atoms with van der Waals surface area (Å²) in [4.78, 5) is 2.50. The first-order valence-corrected chi connectivity index (χ1v) is 11.6. The van der Waals surface area contributed by atoms with Crippen LogP contribution >= 0.6 is 0 Å². The van der Waals surface area contributed by atoms with Gasteiger partial charge >= 0.3 is 0 Å². The molecular formula is C23H32N2O5S. The van der Waals surface area contributed by atoms with E-state index in [2.05, 4.69) is 9.93 Å². The van der Waals surface area contributed by atoms with Crippen LogP contribution in [0.2, 0.25) is 0 Å². The summed E-state index contributed by atoms with van der Waals surface area (Å²) in [6.45, 7) is 10.4. The fraction of sp³-hybridized carbons (Fsp3) is 0.435. The number of hydrogen-bond donors (Lipinski definition) is 1. The SMILES string of the molecule is CCCOc1c(OC)cc(/C=N/NS(=O)(=O)c2cc(C(C)(C)C)ccc2C)cc1OC. The van der Waals surface area contributed by atoms with E-state index in [4.69, 9.17) is 14.2 Å².